The van der Waals surface area contributed by atoms with E-state index in [1.54, 1.807) is 73.7 Å². The fraction of sp³-hybridized carbons (Fsp3) is 0.333. The predicted molar refractivity (Wildman–Crippen MR) is 158 cm³/mol. The van der Waals surface area contributed by atoms with Gasteiger partial charge in [0.15, 0.2) is 0 Å². The van der Waals surface area contributed by atoms with Crippen molar-refractivity contribution in [3.05, 3.63) is 89.4 Å². The van der Waals surface area contributed by atoms with E-state index in [0.717, 1.165) is 4.31 Å². The minimum atomic E-state index is -4.16. The summed E-state index contributed by atoms with van der Waals surface area (Å²) in [6, 6.07) is 20.6. The Labute approximate surface area is 241 Å². The van der Waals surface area contributed by atoms with Crippen LogP contribution in [0.2, 0.25) is 5.02 Å². The molecule has 1 N–H and O–H groups in total. The molecule has 0 aliphatic carbocycles. The molecule has 0 saturated carbocycles. The minimum Gasteiger partial charge on any atom is -0.494 e. The number of amides is 2. The zero-order chi connectivity index (χ0) is 29.3. The van der Waals surface area contributed by atoms with Crippen LogP contribution in [0.1, 0.15) is 33.3 Å². The number of carbonyl (C=O) groups is 2. The second-order valence-corrected chi connectivity index (χ2v) is 11.9. The van der Waals surface area contributed by atoms with Gasteiger partial charge in [0.1, 0.15) is 18.3 Å². The van der Waals surface area contributed by atoms with E-state index in [0.29, 0.717) is 35.2 Å². The predicted octanol–water partition coefficient (Wildman–Crippen LogP) is 5.12. The summed E-state index contributed by atoms with van der Waals surface area (Å²) >= 11 is 6.39. The first-order valence-corrected chi connectivity index (χ1v) is 15.0. The standard InChI is InChI=1S/C30H36ClN3O5S/c1-5-39-26-15-17-27(18-16-26)40(37,38)34(25-12-7-6-8-13-25)21-29(35)33(20-24-11-9-10-14-28(24)31)23(4)30(36)32-19-22(2)3/h6-18,22-23H,5,19-21H2,1-4H3,(H,32,36)/t23-/m0/s1. The van der Waals surface area contributed by atoms with Gasteiger partial charge in [0.2, 0.25) is 11.8 Å². The van der Waals surface area contributed by atoms with Gasteiger partial charge in [-0.3, -0.25) is 13.9 Å². The van der Waals surface area contributed by atoms with Gasteiger partial charge in [-0.25, -0.2) is 8.42 Å². The molecule has 0 heterocycles. The Kier molecular flexibility index (Phi) is 11.0. The van der Waals surface area contributed by atoms with Crippen LogP contribution in [-0.4, -0.2) is 50.9 Å². The summed E-state index contributed by atoms with van der Waals surface area (Å²) in [7, 11) is -4.16. The number of carbonyl (C=O) groups excluding carboxylic acids is 2. The number of rotatable bonds is 13. The van der Waals surface area contributed by atoms with Crippen LogP contribution in [0.4, 0.5) is 5.69 Å². The summed E-state index contributed by atoms with van der Waals surface area (Å²) in [6.07, 6.45) is 0. The van der Waals surface area contributed by atoms with Crippen molar-refractivity contribution < 1.29 is 22.7 Å². The molecule has 0 spiro atoms. The summed E-state index contributed by atoms with van der Waals surface area (Å²) in [5, 5.41) is 3.31. The van der Waals surface area contributed by atoms with Crippen LogP contribution in [-0.2, 0) is 26.2 Å². The van der Waals surface area contributed by atoms with Crippen LogP contribution in [0.15, 0.2) is 83.8 Å². The van der Waals surface area contributed by atoms with Crippen molar-refractivity contribution in [2.45, 2.75) is 45.2 Å². The van der Waals surface area contributed by atoms with E-state index in [1.165, 1.54) is 17.0 Å². The average Bonchev–Trinajstić information content (AvgIpc) is 2.94. The van der Waals surface area contributed by atoms with Gasteiger partial charge in [0.05, 0.1) is 17.2 Å². The Morgan fingerprint density at radius 2 is 1.55 bits per heavy atom. The normalized spacial score (nSPS) is 12.1. The van der Waals surface area contributed by atoms with Crippen molar-refractivity contribution in [1.29, 1.82) is 0 Å². The fourth-order valence-corrected chi connectivity index (χ4v) is 5.58. The summed E-state index contributed by atoms with van der Waals surface area (Å²) in [5.41, 5.74) is 0.959. The number of benzene rings is 3. The third-order valence-corrected chi connectivity index (χ3v) is 8.35. The van der Waals surface area contributed by atoms with Crippen molar-refractivity contribution in [2.75, 3.05) is 24.0 Å². The summed E-state index contributed by atoms with van der Waals surface area (Å²) in [5.74, 6) is -0.132. The van der Waals surface area contributed by atoms with Crippen molar-refractivity contribution in [3.63, 3.8) is 0 Å². The lowest BCUT2D eigenvalue weighted by molar-refractivity contribution is -0.139. The summed E-state index contributed by atoms with van der Waals surface area (Å²) < 4.78 is 34.2. The van der Waals surface area contributed by atoms with Crippen LogP contribution < -0.4 is 14.4 Å². The number of hydrogen-bond donors (Lipinski definition) is 1. The number of para-hydroxylation sites is 1. The average molecular weight is 586 g/mol. The molecule has 3 rings (SSSR count). The highest BCUT2D eigenvalue weighted by Gasteiger charge is 2.32. The number of nitrogens with one attached hydrogen (secondary N) is 1. The molecule has 10 heteroatoms. The maximum Gasteiger partial charge on any atom is 0.264 e. The summed E-state index contributed by atoms with van der Waals surface area (Å²) in [4.78, 5) is 28.3. The second-order valence-electron chi connectivity index (χ2n) is 9.68. The molecule has 8 nitrogen and oxygen atoms in total. The third kappa shape index (κ3) is 7.99. The van der Waals surface area contributed by atoms with E-state index in [-0.39, 0.29) is 23.3 Å². The topological polar surface area (TPSA) is 96.0 Å². The highest BCUT2D eigenvalue weighted by Crippen LogP contribution is 2.26. The Morgan fingerprint density at radius 1 is 0.925 bits per heavy atom. The molecule has 3 aromatic rings. The van der Waals surface area contributed by atoms with Crippen LogP contribution >= 0.6 is 11.6 Å². The van der Waals surface area contributed by atoms with E-state index in [2.05, 4.69) is 5.32 Å². The number of anilines is 1. The van der Waals surface area contributed by atoms with E-state index in [9.17, 15) is 18.0 Å². The first-order chi connectivity index (χ1) is 19.0. The molecule has 0 fully saturated rings. The molecule has 0 aliphatic heterocycles. The van der Waals surface area contributed by atoms with Crippen molar-refractivity contribution in [2.24, 2.45) is 5.92 Å². The van der Waals surface area contributed by atoms with Crippen LogP contribution in [0, 0.1) is 5.92 Å². The lowest BCUT2D eigenvalue weighted by Crippen LogP contribution is -2.51. The minimum absolute atomic E-state index is 0.00739. The molecule has 2 amide bonds. The number of nitrogens with zero attached hydrogens (tertiary/aromatic N) is 2. The Balaban J connectivity index is 1.99. The van der Waals surface area contributed by atoms with E-state index in [4.69, 9.17) is 16.3 Å². The zero-order valence-electron chi connectivity index (χ0n) is 23.2. The molecular formula is C30H36ClN3O5S. The third-order valence-electron chi connectivity index (χ3n) is 6.20. The molecule has 0 aliphatic rings. The molecule has 0 bridgehead atoms. The molecule has 0 unspecified atom stereocenters. The molecule has 1 atom stereocenters. The van der Waals surface area contributed by atoms with Gasteiger partial charge in [-0.15, -0.1) is 0 Å². The van der Waals surface area contributed by atoms with Gasteiger partial charge >= 0.3 is 0 Å². The number of ether oxygens (including phenoxy) is 1. The Hall–Kier alpha value is -3.56. The maximum atomic E-state index is 13.9. The van der Waals surface area contributed by atoms with Crippen molar-refractivity contribution in [3.8, 4) is 5.75 Å². The van der Waals surface area contributed by atoms with Crippen LogP contribution in [0.3, 0.4) is 0 Å². The van der Waals surface area contributed by atoms with Crippen LogP contribution in [0.5, 0.6) is 5.75 Å². The highest BCUT2D eigenvalue weighted by molar-refractivity contribution is 7.92. The Morgan fingerprint density at radius 3 is 2.15 bits per heavy atom. The number of halogens is 1. The lowest BCUT2D eigenvalue weighted by atomic mass is 10.1. The molecule has 214 valence electrons. The van der Waals surface area contributed by atoms with E-state index >= 15 is 0 Å². The quantitative estimate of drug-likeness (QED) is 0.300. The van der Waals surface area contributed by atoms with Crippen molar-refractivity contribution >= 4 is 39.1 Å². The van der Waals surface area contributed by atoms with Gasteiger partial charge in [0.25, 0.3) is 10.0 Å². The largest absolute Gasteiger partial charge is 0.494 e. The van der Waals surface area contributed by atoms with Gasteiger partial charge in [-0.2, -0.15) is 0 Å². The summed E-state index contributed by atoms with van der Waals surface area (Å²) in [6.45, 7) is 7.80. The van der Waals surface area contributed by atoms with Gasteiger partial charge in [-0.1, -0.05) is 61.8 Å². The number of sulfonamides is 1. The lowest BCUT2D eigenvalue weighted by Gasteiger charge is -2.32. The van der Waals surface area contributed by atoms with E-state index in [1.807, 2.05) is 20.8 Å². The molecule has 0 saturated heterocycles. The zero-order valence-corrected chi connectivity index (χ0v) is 24.8. The maximum absolute atomic E-state index is 13.9. The molecular weight excluding hydrogens is 550 g/mol. The molecule has 40 heavy (non-hydrogen) atoms. The number of hydrogen-bond acceptors (Lipinski definition) is 5. The SMILES string of the molecule is CCOc1ccc(S(=O)(=O)N(CC(=O)N(Cc2ccccc2Cl)[C@@H](C)C(=O)NCC(C)C)c2ccccc2)cc1. The molecule has 0 aromatic heterocycles. The first kappa shape index (κ1) is 31.0. The van der Waals surface area contributed by atoms with Crippen molar-refractivity contribution in [1.82, 2.24) is 10.2 Å². The fourth-order valence-electron chi connectivity index (χ4n) is 3.97. The monoisotopic (exact) mass is 585 g/mol. The van der Waals surface area contributed by atoms with Crippen LogP contribution in [0.25, 0.3) is 0 Å². The first-order valence-electron chi connectivity index (χ1n) is 13.2. The second kappa shape index (κ2) is 14.2. The van der Waals surface area contributed by atoms with Gasteiger partial charge < -0.3 is 15.0 Å². The smallest absolute Gasteiger partial charge is 0.264 e. The van der Waals surface area contributed by atoms with E-state index < -0.39 is 28.5 Å². The molecule has 0 radical (unpaired) electrons. The highest BCUT2D eigenvalue weighted by atomic mass is 35.5. The Bertz CT molecular complexity index is 1380. The van der Waals surface area contributed by atoms with Gasteiger partial charge in [0, 0.05) is 18.1 Å². The van der Waals surface area contributed by atoms with Gasteiger partial charge in [-0.05, 0) is 67.8 Å². The molecule has 3 aromatic carbocycles.